The zero-order valence-electron chi connectivity index (χ0n) is 6.45. The molecule has 3 radical (unpaired) electrons. The summed E-state index contributed by atoms with van der Waals surface area (Å²) in [5.41, 5.74) is 0. The molecule has 0 bridgehead atoms. The summed E-state index contributed by atoms with van der Waals surface area (Å²) < 4.78 is 1.46. The van der Waals surface area contributed by atoms with Crippen molar-refractivity contribution >= 4 is 22.5 Å². The van der Waals surface area contributed by atoms with Crippen molar-refractivity contribution in [1.82, 2.24) is 0 Å². The van der Waals surface area contributed by atoms with Crippen LogP contribution in [0, 0.1) is 0 Å². The third kappa shape index (κ3) is 11.6. The number of rotatable bonds is 6. The standard InChI is InChI=1S/C8H17.CH4.Sn/c1-3-5-7-8-6-4-2;;/h1,3-8H2,2H3;1H4;. The van der Waals surface area contributed by atoms with Gasteiger partial charge in [-0.3, -0.25) is 0 Å². The van der Waals surface area contributed by atoms with Crippen molar-refractivity contribution in [2.75, 3.05) is 0 Å². The van der Waals surface area contributed by atoms with E-state index in [1.54, 1.807) is 22.5 Å². The molecule has 0 aliphatic heterocycles. The molecule has 0 aliphatic carbocycles. The van der Waals surface area contributed by atoms with E-state index in [1.165, 1.54) is 43.0 Å². The Morgan fingerprint density at radius 3 is 1.90 bits per heavy atom. The predicted octanol–water partition coefficient (Wildman–Crippen LogP) is 3.57. The molecular weight excluding hydrogens is 227 g/mol. The van der Waals surface area contributed by atoms with Gasteiger partial charge in [0.25, 0.3) is 0 Å². The molecule has 0 aliphatic rings. The van der Waals surface area contributed by atoms with E-state index >= 15 is 0 Å². The van der Waals surface area contributed by atoms with Gasteiger partial charge in [-0.2, -0.15) is 0 Å². The van der Waals surface area contributed by atoms with Crippen LogP contribution in [-0.4, -0.2) is 22.5 Å². The Hall–Kier alpha value is 0.799. The van der Waals surface area contributed by atoms with E-state index in [9.17, 15) is 0 Å². The van der Waals surface area contributed by atoms with Crippen LogP contribution in [0.2, 0.25) is 4.44 Å². The van der Waals surface area contributed by atoms with E-state index in [1.807, 2.05) is 0 Å². The molecule has 0 amide bonds. The summed E-state index contributed by atoms with van der Waals surface area (Å²) in [4.78, 5) is 0. The number of hydrogen-bond acceptors (Lipinski definition) is 0. The van der Waals surface area contributed by atoms with Crippen molar-refractivity contribution in [2.24, 2.45) is 0 Å². The van der Waals surface area contributed by atoms with Crippen LogP contribution in [0.4, 0.5) is 0 Å². The molecule has 1 heteroatoms. The normalized spacial score (nSPS) is 9.00. The summed E-state index contributed by atoms with van der Waals surface area (Å²) >= 11 is 1.71. The summed E-state index contributed by atoms with van der Waals surface area (Å²) in [5, 5.41) is 0. The fraction of sp³-hybridized carbons (Fsp3) is 1.00. The molecule has 61 valence electrons. The molecule has 0 rings (SSSR count). The Kier molecular flexibility index (Phi) is 16.7. The maximum atomic E-state index is 2.27. The molecule has 0 heterocycles. The van der Waals surface area contributed by atoms with E-state index in [4.69, 9.17) is 0 Å². The summed E-state index contributed by atoms with van der Waals surface area (Å²) in [7, 11) is 0. The van der Waals surface area contributed by atoms with Crippen LogP contribution < -0.4 is 0 Å². The van der Waals surface area contributed by atoms with Crippen LogP contribution in [0.3, 0.4) is 0 Å². The minimum absolute atomic E-state index is 0. The Bertz CT molecular complexity index is 38.0. The minimum atomic E-state index is 0. The van der Waals surface area contributed by atoms with Crippen molar-refractivity contribution in [3.63, 3.8) is 0 Å². The molecule has 0 aromatic heterocycles. The van der Waals surface area contributed by atoms with Gasteiger partial charge in [0.2, 0.25) is 0 Å². The molecule has 0 aromatic rings. The van der Waals surface area contributed by atoms with Gasteiger partial charge in [-0.1, -0.05) is 7.43 Å². The van der Waals surface area contributed by atoms with Gasteiger partial charge in [0.15, 0.2) is 0 Å². The fourth-order valence-electron chi connectivity index (χ4n) is 0.905. The second-order valence-corrected chi connectivity index (χ2v) is 3.94. The van der Waals surface area contributed by atoms with Crippen molar-refractivity contribution in [3.05, 3.63) is 0 Å². The molecule has 0 saturated heterocycles. The number of unbranched alkanes of at least 4 members (excludes halogenated alkanes) is 5. The van der Waals surface area contributed by atoms with Crippen LogP contribution in [0.5, 0.6) is 0 Å². The topological polar surface area (TPSA) is 0 Å². The zero-order chi connectivity index (χ0) is 6.95. The van der Waals surface area contributed by atoms with E-state index in [0.29, 0.717) is 0 Å². The number of hydrogen-bond donors (Lipinski definition) is 0. The van der Waals surface area contributed by atoms with Gasteiger partial charge in [0.1, 0.15) is 0 Å². The van der Waals surface area contributed by atoms with Crippen LogP contribution in [0.1, 0.15) is 52.9 Å². The molecule has 0 unspecified atom stereocenters. The van der Waals surface area contributed by atoms with Crippen LogP contribution >= 0.6 is 0 Å². The molecule has 0 N–H and O–H groups in total. The average molecular weight is 248 g/mol. The molecule has 0 saturated carbocycles. The van der Waals surface area contributed by atoms with Gasteiger partial charge in [-0.05, 0) is 0 Å². The molecule has 0 fully saturated rings. The van der Waals surface area contributed by atoms with Crippen LogP contribution in [0.25, 0.3) is 0 Å². The van der Waals surface area contributed by atoms with E-state index < -0.39 is 0 Å². The van der Waals surface area contributed by atoms with Crippen molar-refractivity contribution in [2.45, 2.75) is 57.3 Å². The van der Waals surface area contributed by atoms with Gasteiger partial charge in [-0.15, -0.1) is 0 Å². The quantitative estimate of drug-likeness (QED) is 0.497. The van der Waals surface area contributed by atoms with Gasteiger partial charge in [0, 0.05) is 0 Å². The van der Waals surface area contributed by atoms with Crippen LogP contribution in [-0.2, 0) is 0 Å². The molecule has 0 aromatic carbocycles. The summed E-state index contributed by atoms with van der Waals surface area (Å²) in [5.74, 6) is 0. The summed E-state index contributed by atoms with van der Waals surface area (Å²) in [6, 6.07) is 0. The maximum absolute atomic E-state index is 2.27. The van der Waals surface area contributed by atoms with E-state index in [-0.39, 0.29) is 7.43 Å². The summed E-state index contributed by atoms with van der Waals surface area (Å²) in [6.07, 6.45) is 8.71. The third-order valence-corrected chi connectivity index (χ3v) is 2.54. The third-order valence-electron chi connectivity index (χ3n) is 1.53. The second-order valence-electron chi connectivity index (χ2n) is 2.52. The molecule has 0 spiro atoms. The first-order valence-electron chi connectivity index (χ1n) is 4.06. The first-order chi connectivity index (χ1) is 4.41. The van der Waals surface area contributed by atoms with Gasteiger partial charge >= 0.3 is 72.4 Å². The predicted molar refractivity (Wildman–Crippen MR) is 50.7 cm³/mol. The second kappa shape index (κ2) is 12.5. The summed E-state index contributed by atoms with van der Waals surface area (Å²) in [6.45, 7) is 2.27. The van der Waals surface area contributed by atoms with Crippen molar-refractivity contribution in [1.29, 1.82) is 0 Å². The first kappa shape index (κ1) is 13.4. The monoisotopic (exact) mass is 249 g/mol. The first-order valence-corrected chi connectivity index (χ1v) is 6.08. The molecule has 0 atom stereocenters. The van der Waals surface area contributed by atoms with E-state index in [2.05, 4.69) is 6.92 Å². The Labute approximate surface area is 79.9 Å². The van der Waals surface area contributed by atoms with E-state index in [0.717, 1.165) is 0 Å². The van der Waals surface area contributed by atoms with Gasteiger partial charge in [-0.25, -0.2) is 0 Å². The Balaban J connectivity index is 0. The van der Waals surface area contributed by atoms with Crippen molar-refractivity contribution < 1.29 is 0 Å². The average Bonchev–Trinajstić information content (AvgIpc) is 1.89. The van der Waals surface area contributed by atoms with Gasteiger partial charge in [0.05, 0.1) is 0 Å². The Morgan fingerprint density at radius 1 is 0.900 bits per heavy atom. The molecule has 10 heavy (non-hydrogen) atoms. The fourth-order valence-corrected chi connectivity index (χ4v) is 1.62. The molecular formula is C9H21Sn. The molecule has 0 nitrogen and oxygen atoms in total. The van der Waals surface area contributed by atoms with Crippen LogP contribution in [0.15, 0.2) is 0 Å². The Morgan fingerprint density at radius 2 is 1.40 bits per heavy atom. The SMILES string of the molecule is C.CCCCCCC[CH2][Sn]. The van der Waals surface area contributed by atoms with Gasteiger partial charge < -0.3 is 0 Å². The zero-order valence-corrected chi connectivity index (χ0v) is 9.30. The van der Waals surface area contributed by atoms with Crippen molar-refractivity contribution in [3.8, 4) is 0 Å².